The van der Waals surface area contributed by atoms with Crippen LogP contribution >= 0.6 is 0 Å². The van der Waals surface area contributed by atoms with Gasteiger partial charge in [-0.15, -0.1) is 0 Å². The molecule has 0 aromatic carbocycles. The molecule has 0 nitrogen and oxygen atoms in total. The smallest absolute Gasteiger partial charge is 0.0500 e. The van der Waals surface area contributed by atoms with Crippen molar-refractivity contribution in [3.05, 3.63) is 0 Å². The molecule has 0 aliphatic rings. The zero-order valence-electron chi connectivity index (χ0n) is 26.4. The quantitative estimate of drug-likeness (QED) is 0.362. The third kappa shape index (κ3) is 0. The standard InChI is InChI=1S/4C4H10.3C3H8.2C2H6/c4*1-4(2)3;3*1-3-2;2*1-2/h4*4H,1-3H3;3*3H2,1-2H3;2*1-2H3. The molecule has 0 bridgehead atoms. The van der Waals surface area contributed by atoms with E-state index >= 15 is 0 Å². The molecule has 0 aliphatic carbocycles. The lowest BCUT2D eigenvalue weighted by molar-refractivity contribution is 0.736. The van der Waals surface area contributed by atoms with Crippen LogP contribution in [0.3, 0.4) is 0 Å². The molecule has 0 atom stereocenters. The monoisotopic (exact) mass is 425 g/mol. The van der Waals surface area contributed by atoms with Gasteiger partial charge in [-0.3, -0.25) is 0 Å². The Morgan fingerprint density at radius 3 is 0.276 bits per heavy atom. The maximum absolute atomic E-state index is 2.17. The maximum Gasteiger partial charge on any atom is -0.0500 e. The summed E-state index contributed by atoms with van der Waals surface area (Å²) in [6.45, 7) is 46.8. The first-order valence-corrected chi connectivity index (χ1v) is 13.2. The highest BCUT2D eigenvalue weighted by Crippen LogP contribution is 1.82. The van der Waals surface area contributed by atoms with Crippen LogP contribution in [0.25, 0.3) is 0 Å². The van der Waals surface area contributed by atoms with Gasteiger partial charge in [0, 0.05) is 0 Å². The first-order valence-electron chi connectivity index (χ1n) is 13.2. The van der Waals surface area contributed by atoms with E-state index in [0.717, 1.165) is 23.7 Å². The van der Waals surface area contributed by atoms with Gasteiger partial charge in [0.2, 0.25) is 0 Å². The van der Waals surface area contributed by atoms with Gasteiger partial charge >= 0.3 is 0 Å². The summed E-state index contributed by atoms with van der Waals surface area (Å²) in [7, 11) is 0. The van der Waals surface area contributed by atoms with Crippen LogP contribution in [0.15, 0.2) is 0 Å². The van der Waals surface area contributed by atoms with Gasteiger partial charge in [0.05, 0.1) is 0 Å². The normalized spacial score (nSPS) is 7.24. The summed E-state index contributed by atoms with van der Waals surface area (Å²) in [5.74, 6) is 3.33. The summed E-state index contributed by atoms with van der Waals surface area (Å²) in [4.78, 5) is 0. The zero-order valence-corrected chi connectivity index (χ0v) is 26.4. The van der Waals surface area contributed by atoms with Gasteiger partial charge in [-0.05, 0) is 23.7 Å². The van der Waals surface area contributed by atoms with Gasteiger partial charge in [0.15, 0.2) is 0 Å². The molecule has 0 heteroatoms. The summed E-state index contributed by atoms with van der Waals surface area (Å²) in [5.41, 5.74) is 0. The predicted octanol–water partition coefficient (Wildman–Crippen LogP) is 13.0. The second-order valence-corrected chi connectivity index (χ2v) is 9.05. The Balaban J connectivity index is -0.0000000224. The number of rotatable bonds is 0. The molecule has 0 unspecified atom stereocenters. The minimum atomic E-state index is 0.833. The molecule has 0 aromatic heterocycles. The molecular formula is C29H76. The van der Waals surface area contributed by atoms with Gasteiger partial charge in [-0.2, -0.15) is 0 Å². The van der Waals surface area contributed by atoms with E-state index in [1.54, 1.807) is 0 Å². The lowest BCUT2D eigenvalue weighted by Crippen LogP contribution is -1.66. The van der Waals surface area contributed by atoms with Crippen molar-refractivity contribution in [2.75, 3.05) is 0 Å². The van der Waals surface area contributed by atoms with Crippen LogP contribution in [0.5, 0.6) is 0 Å². The Morgan fingerprint density at radius 2 is 0.276 bits per heavy atom. The second kappa shape index (κ2) is 90.7. The summed E-state index contributed by atoms with van der Waals surface area (Å²) >= 11 is 0. The highest BCUT2D eigenvalue weighted by atomic mass is 13.8. The van der Waals surface area contributed by atoms with Crippen molar-refractivity contribution in [2.24, 2.45) is 23.7 Å². The summed E-state index contributed by atoms with van der Waals surface area (Å²) in [6.07, 6.45) is 3.75. The fourth-order valence-electron chi connectivity index (χ4n) is 0. The number of hydrogen-bond acceptors (Lipinski definition) is 0. The molecule has 0 aliphatic heterocycles. The van der Waals surface area contributed by atoms with Crippen molar-refractivity contribution in [3.63, 3.8) is 0 Å². The molecule has 29 heavy (non-hydrogen) atoms. The van der Waals surface area contributed by atoms with E-state index in [4.69, 9.17) is 0 Å². The van der Waals surface area contributed by atoms with Crippen LogP contribution in [0.4, 0.5) is 0 Å². The summed E-state index contributed by atoms with van der Waals surface area (Å²) in [6, 6.07) is 0. The number of hydrogen-bond donors (Lipinski definition) is 0. The van der Waals surface area contributed by atoms with Crippen LogP contribution in [0, 0.1) is 23.7 Å². The molecule has 0 radical (unpaired) electrons. The van der Waals surface area contributed by atoms with Crippen molar-refractivity contribution in [3.8, 4) is 0 Å². The van der Waals surface area contributed by atoms with E-state index in [0.29, 0.717) is 0 Å². The Labute approximate surface area is 195 Å². The molecular weight excluding hydrogens is 348 g/mol. The van der Waals surface area contributed by atoms with Crippen LogP contribution in [-0.4, -0.2) is 0 Å². The van der Waals surface area contributed by atoms with E-state index in [9.17, 15) is 0 Å². The highest BCUT2D eigenvalue weighted by Gasteiger charge is 1.69. The van der Waals surface area contributed by atoms with Crippen LogP contribution in [0.2, 0.25) is 0 Å². The topological polar surface area (TPSA) is 0 Å². The maximum atomic E-state index is 2.17. The fraction of sp³-hybridized carbons (Fsp3) is 1.00. The van der Waals surface area contributed by atoms with E-state index in [-0.39, 0.29) is 0 Å². The first kappa shape index (κ1) is 56.8. The van der Waals surface area contributed by atoms with Crippen molar-refractivity contribution < 1.29 is 0 Å². The molecule has 0 N–H and O–H groups in total. The van der Waals surface area contributed by atoms with Gasteiger partial charge in [0.25, 0.3) is 0 Å². The molecule has 0 aromatic rings. The molecule has 192 valence electrons. The fourth-order valence-corrected chi connectivity index (χ4v) is 0. The van der Waals surface area contributed by atoms with Crippen molar-refractivity contribution in [1.82, 2.24) is 0 Å². The molecule has 0 saturated heterocycles. The van der Waals surface area contributed by atoms with Crippen LogP contribution in [0.1, 0.15) is 172 Å². The predicted molar refractivity (Wildman–Crippen MR) is 153 cm³/mol. The minimum absolute atomic E-state index is 0.833. The molecule has 0 rings (SSSR count). The lowest BCUT2D eigenvalue weighted by atomic mass is 10.3. The zero-order chi connectivity index (χ0) is 26.4. The Hall–Kier alpha value is 0. The molecule has 0 fully saturated rings. The van der Waals surface area contributed by atoms with Gasteiger partial charge < -0.3 is 0 Å². The highest BCUT2D eigenvalue weighted by molar-refractivity contribution is 4.21. The van der Waals surface area contributed by atoms with Crippen molar-refractivity contribution >= 4 is 0 Å². The van der Waals surface area contributed by atoms with Gasteiger partial charge in [-0.25, -0.2) is 0 Å². The third-order valence-corrected chi connectivity index (χ3v) is 0. The molecule has 0 amide bonds. The van der Waals surface area contributed by atoms with Gasteiger partial charge in [0.1, 0.15) is 0 Å². The average Bonchev–Trinajstić information content (AvgIpc) is 2.51. The minimum Gasteiger partial charge on any atom is -0.0683 e. The second-order valence-electron chi connectivity index (χ2n) is 9.05. The van der Waals surface area contributed by atoms with E-state index in [1.165, 1.54) is 19.3 Å². The van der Waals surface area contributed by atoms with E-state index in [2.05, 4.69) is 125 Å². The molecule has 0 heterocycles. The Bertz CT molecular complexity index is 69.4. The van der Waals surface area contributed by atoms with Crippen LogP contribution in [-0.2, 0) is 0 Å². The molecule has 0 spiro atoms. The van der Waals surface area contributed by atoms with E-state index in [1.807, 2.05) is 27.7 Å². The van der Waals surface area contributed by atoms with Crippen LogP contribution < -0.4 is 0 Å². The Kier molecular flexibility index (Phi) is 178. The molecule has 0 saturated carbocycles. The summed E-state index contributed by atoms with van der Waals surface area (Å²) < 4.78 is 0. The average molecular weight is 425 g/mol. The van der Waals surface area contributed by atoms with Crippen molar-refractivity contribution in [2.45, 2.75) is 172 Å². The summed E-state index contributed by atoms with van der Waals surface area (Å²) in [5, 5.41) is 0. The van der Waals surface area contributed by atoms with Gasteiger partial charge in [-0.1, -0.05) is 172 Å². The lowest BCUT2D eigenvalue weighted by Gasteiger charge is -1.79. The third-order valence-electron chi connectivity index (χ3n) is 0. The first-order chi connectivity index (χ1) is 13.2. The Morgan fingerprint density at radius 1 is 0.276 bits per heavy atom. The van der Waals surface area contributed by atoms with Crippen molar-refractivity contribution in [1.29, 1.82) is 0 Å². The SMILES string of the molecule is CC.CC.CC(C)C.CC(C)C.CC(C)C.CC(C)C.CCC.CCC.CCC. The van der Waals surface area contributed by atoms with E-state index < -0.39 is 0 Å². The largest absolute Gasteiger partial charge is 0.0683 e.